The van der Waals surface area contributed by atoms with Crippen molar-refractivity contribution in [3.05, 3.63) is 107 Å². The molecule has 0 spiro atoms. The van der Waals surface area contributed by atoms with Crippen molar-refractivity contribution >= 4 is 29.2 Å². The summed E-state index contributed by atoms with van der Waals surface area (Å²) in [5.41, 5.74) is 7.30. The van der Waals surface area contributed by atoms with Gasteiger partial charge in [-0.15, -0.1) is 0 Å². The molecule has 1 atom stereocenters. The number of amides is 2. The first-order valence-electron chi connectivity index (χ1n) is 13.2. The van der Waals surface area contributed by atoms with E-state index >= 15 is 0 Å². The molecule has 4 aromatic rings. The van der Waals surface area contributed by atoms with E-state index < -0.39 is 23.3 Å². The van der Waals surface area contributed by atoms with Crippen molar-refractivity contribution < 1.29 is 29.0 Å². The van der Waals surface area contributed by atoms with Crippen LogP contribution >= 0.6 is 0 Å². The molecule has 0 bridgehead atoms. The second-order valence-electron chi connectivity index (χ2n) is 10.1. The maximum Gasteiger partial charge on any atom is 0.339 e. The van der Waals surface area contributed by atoms with Gasteiger partial charge in [-0.1, -0.05) is 48.5 Å². The predicted octanol–water partition coefficient (Wildman–Crippen LogP) is 5.22. The van der Waals surface area contributed by atoms with Gasteiger partial charge in [-0.3, -0.25) is 9.59 Å². The quantitative estimate of drug-likeness (QED) is 0.191. The number of carbonyl (C=O) groups is 3. The molecule has 9 nitrogen and oxygen atoms in total. The van der Waals surface area contributed by atoms with Crippen molar-refractivity contribution in [1.82, 2.24) is 0 Å². The van der Waals surface area contributed by atoms with Gasteiger partial charge in [0.2, 0.25) is 11.4 Å². The molecule has 4 aromatic carbocycles. The largest absolute Gasteiger partial charge is 0.479 e. The topological polar surface area (TPSA) is 140 Å². The lowest BCUT2D eigenvalue weighted by Crippen LogP contribution is -2.56. The molecule has 2 amide bonds. The van der Waals surface area contributed by atoms with Crippen LogP contribution in [0.2, 0.25) is 0 Å². The van der Waals surface area contributed by atoms with Gasteiger partial charge in [-0.05, 0) is 53.9 Å². The number of carboxylic acid groups (broad SMARTS) is 1. The zero-order chi connectivity index (χ0) is 28.6. The molecular formula is C32H27N3O6. The number of hydrogen-bond acceptors (Lipinski definition) is 6. The zero-order valence-electron chi connectivity index (χ0n) is 22.0. The molecule has 0 saturated heterocycles. The van der Waals surface area contributed by atoms with E-state index in [1.165, 1.54) is 0 Å². The second kappa shape index (κ2) is 10.3. The van der Waals surface area contributed by atoms with Crippen LogP contribution in [0.1, 0.15) is 35.1 Å². The van der Waals surface area contributed by atoms with E-state index in [1.54, 1.807) is 36.4 Å². The number of ether oxygens (including phenoxy) is 2. The monoisotopic (exact) mass is 549 g/mol. The highest BCUT2D eigenvalue weighted by molar-refractivity contribution is 6.15. The van der Waals surface area contributed by atoms with E-state index in [2.05, 4.69) is 10.6 Å². The average Bonchev–Trinajstić information content (AvgIpc) is 2.97. The maximum absolute atomic E-state index is 14.0. The molecule has 41 heavy (non-hydrogen) atoms. The number of fused-ring (bicyclic) bond motifs is 4. The highest BCUT2D eigenvalue weighted by atomic mass is 16.5. The summed E-state index contributed by atoms with van der Waals surface area (Å²) in [5, 5.41) is 16.4. The third-order valence-electron chi connectivity index (χ3n) is 7.48. The summed E-state index contributed by atoms with van der Waals surface area (Å²) in [4.78, 5) is 38.8. The minimum absolute atomic E-state index is 0.329. The normalized spacial score (nSPS) is 14.0. The molecule has 0 saturated carbocycles. The van der Waals surface area contributed by atoms with Crippen LogP contribution in [0.4, 0.5) is 11.4 Å². The van der Waals surface area contributed by atoms with Gasteiger partial charge < -0.3 is 30.9 Å². The molecule has 2 aliphatic rings. The molecule has 0 aromatic heterocycles. The van der Waals surface area contributed by atoms with Gasteiger partial charge in [0.05, 0.1) is 0 Å². The molecule has 0 aliphatic carbocycles. The highest BCUT2D eigenvalue weighted by Gasteiger charge is 2.47. The van der Waals surface area contributed by atoms with Crippen LogP contribution in [-0.2, 0) is 27.2 Å². The Hall–Kier alpha value is -5.31. The number of hydrogen-bond donors (Lipinski definition) is 4. The summed E-state index contributed by atoms with van der Waals surface area (Å²) in [7, 11) is 0. The molecule has 0 radical (unpaired) electrons. The SMILES string of the molecule is NC(=O)CCC(Nc1cccc2c1Cc1ccccc1O2)(C(=O)O)C(=O)Nc1cccc2c1Cc1ccccc1O2. The first-order valence-corrected chi connectivity index (χ1v) is 13.2. The Kier molecular flexibility index (Phi) is 6.55. The van der Waals surface area contributed by atoms with Gasteiger partial charge in [0, 0.05) is 41.8 Å². The van der Waals surface area contributed by atoms with E-state index in [9.17, 15) is 19.5 Å². The highest BCUT2D eigenvalue weighted by Crippen LogP contribution is 2.42. The number of rotatable bonds is 8. The fraction of sp³-hybridized carbons (Fsp3) is 0.156. The average molecular weight is 550 g/mol. The Bertz CT molecular complexity index is 1700. The van der Waals surface area contributed by atoms with E-state index in [1.807, 2.05) is 48.5 Å². The summed E-state index contributed by atoms with van der Waals surface area (Å²) >= 11 is 0. The van der Waals surface area contributed by atoms with Crippen molar-refractivity contribution in [3.63, 3.8) is 0 Å². The number of carbonyl (C=O) groups excluding carboxylic acids is 2. The van der Waals surface area contributed by atoms with Crippen LogP contribution in [0.5, 0.6) is 23.0 Å². The zero-order valence-corrected chi connectivity index (χ0v) is 22.0. The van der Waals surface area contributed by atoms with E-state index in [4.69, 9.17) is 15.2 Å². The standard InChI is InChI=1S/C32H27N3O6/c33-29(36)15-16-32(31(38)39,35-24-10-6-14-28-22(24)18-20-8-2-4-12-26(20)41-28)30(37)34-23-9-5-13-27-21(23)17-19-7-1-3-11-25(19)40-27/h1-14,35H,15-18H2,(H2,33,36)(H,34,37)(H,38,39). The molecule has 2 heterocycles. The Morgan fingerprint density at radius 3 is 1.80 bits per heavy atom. The minimum atomic E-state index is -2.22. The van der Waals surface area contributed by atoms with Crippen molar-refractivity contribution in [1.29, 1.82) is 0 Å². The number of para-hydroxylation sites is 2. The van der Waals surface area contributed by atoms with Crippen molar-refractivity contribution in [2.45, 2.75) is 31.2 Å². The Morgan fingerprint density at radius 2 is 1.24 bits per heavy atom. The van der Waals surface area contributed by atoms with Crippen molar-refractivity contribution in [3.8, 4) is 23.0 Å². The summed E-state index contributed by atoms with van der Waals surface area (Å²) in [5.74, 6) is -0.447. The lowest BCUT2D eigenvalue weighted by atomic mass is 9.89. The number of nitrogens with two attached hydrogens (primary N) is 1. The number of carboxylic acids is 1. The number of nitrogens with one attached hydrogen (secondary N) is 2. The number of benzene rings is 4. The summed E-state index contributed by atoms with van der Waals surface area (Å²) in [6, 6.07) is 25.6. The van der Waals surface area contributed by atoms with E-state index in [0.29, 0.717) is 47.0 Å². The third kappa shape index (κ3) is 4.82. The van der Waals surface area contributed by atoms with E-state index in [-0.39, 0.29) is 12.8 Å². The van der Waals surface area contributed by atoms with Crippen LogP contribution in [0.3, 0.4) is 0 Å². The number of aliphatic carboxylic acids is 1. The maximum atomic E-state index is 14.0. The molecule has 206 valence electrons. The molecule has 5 N–H and O–H groups in total. The first kappa shape index (κ1) is 25.9. The molecule has 2 aliphatic heterocycles. The molecule has 9 heteroatoms. The van der Waals surface area contributed by atoms with Gasteiger partial charge in [-0.2, -0.15) is 0 Å². The Labute approximate surface area is 235 Å². The first-order chi connectivity index (χ1) is 19.8. The number of primary amides is 1. The van der Waals surface area contributed by atoms with Crippen LogP contribution in [0.15, 0.2) is 84.9 Å². The van der Waals surface area contributed by atoms with E-state index in [0.717, 1.165) is 22.4 Å². The minimum Gasteiger partial charge on any atom is -0.479 e. The Morgan fingerprint density at radius 1 is 0.732 bits per heavy atom. The number of anilines is 2. The predicted molar refractivity (Wildman–Crippen MR) is 153 cm³/mol. The van der Waals surface area contributed by atoms with Crippen molar-refractivity contribution in [2.24, 2.45) is 5.73 Å². The fourth-order valence-corrected chi connectivity index (χ4v) is 5.30. The lowest BCUT2D eigenvalue weighted by Gasteiger charge is -2.33. The van der Waals surface area contributed by atoms with Gasteiger partial charge in [-0.25, -0.2) is 4.79 Å². The molecule has 1 unspecified atom stereocenters. The smallest absolute Gasteiger partial charge is 0.339 e. The van der Waals surface area contributed by atoms with Crippen LogP contribution in [0, 0.1) is 0 Å². The fourth-order valence-electron chi connectivity index (χ4n) is 5.30. The third-order valence-corrected chi connectivity index (χ3v) is 7.48. The summed E-state index contributed by atoms with van der Waals surface area (Å²) in [6.45, 7) is 0. The second-order valence-corrected chi connectivity index (χ2v) is 10.1. The van der Waals surface area contributed by atoms with Crippen molar-refractivity contribution in [2.75, 3.05) is 10.6 Å². The van der Waals surface area contributed by atoms with Crippen LogP contribution in [0.25, 0.3) is 0 Å². The van der Waals surface area contributed by atoms with Crippen LogP contribution in [-0.4, -0.2) is 28.4 Å². The summed E-state index contributed by atoms with van der Waals surface area (Å²) in [6.07, 6.45) is 0.244. The molecular weight excluding hydrogens is 522 g/mol. The summed E-state index contributed by atoms with van der Waals surface area (Å²) < 4.78 is 12.1. The van der Waals surface area contributed by atoms with Gasteiger partial charge in [0.25, 0.3) is 5.91 Å². The van der Waals surface area contributed by atoms with Gasteiger partial charge in [0.1, 0.15) is 23.0 Å². The molecule has 6 rings (SSSR count). The van der Waals surface area contributed by atoms with Gasteiger partial charge in [0.15, 0.2) is 0 Å². The van der Waals surface area contributed by atoms with Crippen LogP contribution < -0.4 is 25.8 Å². The lowest BCUT2D eigenvalue weighted by molar-refractivity contribution is -0.146. The molecule has 0 fully saturated rings. The van der Waals surface area contributed by atoms with Gasteiger partial charge >= 0.3 is 5.97 Å². The Balaban J connectivity index is 1.36.